The van der Waals surface area contributed by atoms with Gasteiger partial charge in [-0.2, -0.15) is 0 Å². The Morgan fingerprint density at radius 3 is 3.06 bits per heavy atom. The molecule has 1 saturated heterocycles. The minimum absolute atomic E-state index is 0.104. The van der Waals surface area contributed by atoms with Crippen LogP contribution in [-0.4, -0.2) is 24.1 Å². The molecule has 1 fully saturated rings. The standard InChI is InChI=1S/C11H13ClN2O3/c12-9-4-1-5-10(11(9)14(15)16)17-7-8-3-2-6-13-8/h1,4-5,8,13H,2-3,6-7H2. The Morgan fingerprint density at radius 1 is 1.59 bits per heavy atom. The maximum Gasteiger partial charge on any atom is 0.329 e. The van der Waals surface area contributed by atoms with Gasteiger partial charge in [-0.1, -0.05) is 17.7 Å². The number of ether oxygens (including phenoxy) is 1. The second-order valence-electron chi connectivity index (χ2n) is 3.95. The summed E-state index contributed by atoms with van der Waals surface area (Å²) >= 11 is 5.78. The van der Waals surface area contributed by atoms with Gasteiger partial charge in [0.2, 0.25) is 0 Å². The number of hydrogen-bond acceptors (Lipinski definition) is 4. The second-order valence-corrected chi connectivity index (χ2v) is 4.36. The molecule has 1 aromatic rings. The van der Waals surface area contributed by atoms with Gasteiger partial charge < -0.3 is 10.1 Å². The molecule has 0 radical (unpaired) electrons. The van der Waals surface area contributed by atoms with Crippen molar-refractivity contribution >= 4 is 17.3 Å². The van der Waals surface area contributed by atoms with Gasteiger partial charge in [0.1, 0.15) is 11.6 Å². The molecule has 1 aromatic carbocycles. The zero-order valence-corrected chi connectivity index (χ0v) is 9.94. The number of nitro groups is 1. The Morgan fingerprint density at radius 2 is 2.41 bits per heavy atom. The summed E-state index contributed by atoms with van der Waals surface area (Å²) in [5.74, 6) is 0.233. The fraction of sp³-hybridized carbons (Fsp3) is 0.455. The van der Waals surface area contributed by atoms with Crippen LogP contribution in [0, 0.1) is 10.1 Å². The fourth-order valence-corrected chi connectivity index (χ4v) is 2.11. The van der Waals surface area contributed by atoms with Crippen LogP contribution >= 0.6 is 11.6 Å². The quantitative estimate of drug-likeness (QED) is 0.664. The first kappa shape index (κ1) is 12.1. The summed E-state index contributed by atoms with van der Waals surface area (Å²) in [7, 11) is 0. The zero-order valence-electron chi connectivity index (χ0n) is 9.19. The molecule has 0 amide bonds. The van der Waals surface area contributed by atoms with E-state index in [1.165, 1.54) is 6.07 Å². The molecule has 5 nitrogen and oxygen atoms in total. The normalized spacial score (nSPS) is 19.2. The molecule has 2 rings (SSSR count). The maximum absolute atomic E-state index is 10.9. The van der Waals surface area contributed by atoms with Gasteiger partial charge in [-0.25, -0.2) is 0 Å². The third kappa shape index (κ3) is 2.87. The molecule has 0 spiro atoms. The summed E-state index contributed by atoms with van der Waals surface area (Å²) in [6.45, 7) is 1.41. The lowest BCUT2D eigenvalue weighted by molar-refractivity contribution is -0.385. The highest BCUT2D eigenvalue weighted by atomic mass is 35.5. The fourth-order valence-electron chi connectivity index (χ4n) is 1.88. The van der Waals surface area contributed by atoms with E-state index in [4.69, 9.17) is 16.3 Å². The third-order valence-corrected chi connectivity index (χ3v) is 3.04. The van der Waals surface area contributed by atoms with E-state index < -0.39 is 4.92 Å². The number of para-hydroxylation sites is 1. The van der Waals surface area contributed by atoms with Crippen molar-refractivity contribution in [2.24, 2.45) is 0 Å². The van der Waals surface area contributed by atoms with Gasteiger partial charge in [0.25, 0.3) is 0 Å². The van der Waals surface area contributed by atoms with Crippen molar-refractivity contribution in [2.45, 2.75) is 18.9 Å². The molecular weight excluding hydrogens is 244 g/mol. The average molecular weight is 257 g/mol. The Bertz CT molecular complexity index is 419. The first-order valence-corrected chi connectivity index (χ1v) is 5.85. The molecule has 0 saturated carbocycles. The Hall–Kier alpha value is -1.33. The third-order valence-electron chi connectivity index (χ3n) is 2.73. The molecule has 0 bridgehead atoms. The minimum Gasteiger partial charge on any atom is -0.485 e. The van der Waals surface area contributed by atoms with Crippen molar-refractivity contribution in [1.29, 1.82) is 0 Å². The Labute approximate surface area is 104 Å². The van der Waals surface area contributed by atoms with E-state index in [1.807, 2.05) is 0 Å². The van der Waals surface area contributed by atoms with Gasteiger partial charge in [0, 0.05) is 6.04 Å². The monoisotopic (exact) mass is 256 g/mol. The van der Waals surface area contributed by atoms with E-state index >= 15 is 0 Å². The van der Waals surface area contributed by atoms with Crippen LogP contribution in [0.2, 0.25) is 5.02 Å². The lowest BCUT2D eigenvalue weighted by atomic mass is 10.2. The number of hydrogen-bond donors (Lipinski definition) is 1. The average Bonchev–Trinajstić information content (AvgIpc) is 2.78. The van der Waals surface area contributed by atoms with Gasteiger partial charge >= 0.3 is 5.69 Å². The van der Waals surface area contributed by atoms with Gasteiger partial charge in [-0.3, -0.25) is 10.1 Å². The summed E-state index contributed by atoms with van der Waals surface area (Å²) in [5, 5.41) is 14.2. The van der Waals surface area contributed by atoms with Gasteiger partial charge in [-0.15, -0.1) is 0 Å². The molecule has 0 aromatic heterocycles. The number of benzene rings is 1. The first-order chi connectivity index (χ1) is 8.18. The van der Waals surface area contributed by atoms with Crippen LogP contribution in [0.4, 0.5) is 5.69 Å². The van der Waals surface area contributed by atoms with Crippen LogP contribution in [0.5, 0.6) is 5.75 Å². The van der Waals surface area contributed by atoms with Crippen LogP contribution in [0.15, 0.2) is 18.2 Å². The largest absolute Gasteiger partial charge is 0.485 e. The molecule has 1 unspecified atom stereocenters. The molecule has 1 aliphatic rings. The van der Waals surface area contributed by atoms with Crippen molar-refractivity contribution in [3.05, 3.63) is 33.3 Å². The highest BCUT2D eigenvalue weighted by Crippen LogP contribution is 2.34. The smallest absolute Gasteiger partial charge is 0.329 e. The summed E-state index contributed by atoms with van der Waals surface area (Å²) in [4.78, 5) is 10.4. The summed E-state index contributed by atoms with van der Waals surface area (Å²) < 4.78 is 5.47. The first-order valence-electron chi connectivity index (χ1n) is 5.47. The second kappa shape index (κ2) is 5.33. The van der Waals surface area contributed by atoms with E-state index in [1.54, 1.807) is 12.1 Å². The lowest BCUT2D eigenvalue weighted by Gasteiger charge is -2.12. The molecule has 92 valence electrons. The van der Waals surface area contributed by atoms with Crippen molar-refractivity contribution in [2.75, 3.05) is 13.2 Å². The molecular formula is C11H13ClN2O3. The predicted molar refractivity (Wildman–Crippen MR) is 64.6 cm³/mol. The number of nitrogens with one attached hydrogen (secondary N) is 1. The zero-order chi connectivity index (χ0) is 12.3. The van der Waals surface area contributed by atoms with Crippen LogP contribution < -0.4 is 10.1 Å². The van der Waals surface area contributed by atoms with E-state index in [0.29, 0.717) is 6.61 Å². The van der Waals surface area contributed by atoms with Crippen LogP contribution in [0.3, 0.4) is 0 Å². The number of rotatable bonds is 4. The van der Waals surface area contributed by atoms with Crippen molar-refractivity contribution in [3.8, 4) is 5.75 Å². The number of halogens is 1. The van der Waals surface area contributed by atoms with Gasteiger partial charge in [0.15, 0.2) is 5.75 Å². The van der Waals surface area contributed by atoms with E-state index in [2.05, 4.69) is 5.32 Å². The van der Waals surface area contributed by atoms with Crippen LogP contribution in [0.25, 0.3) is 0 Å². The molecule has 0 aliphatic carbocycles. The van der Waals surface area contributed by atoms with Crippen LogP contribution in [0.1, 0.15) is 12.8 Å². The van der Waals surface area contributed by atoms with E-state index in [-0.39, 0.29) is 22.5 Å². The van der Waals surface area contributed by atoms with E-state index in [9.17, 15) is 10.1 Å². The predicted octanol–water partition coefficient (Wildman–Crippen LogP) is 2.38. The molecule has 1 N–H and O–H groups in total. The molecule has 1 atom stereocenters. The number of nitro benzene ring substituents is 1. The Balaban J connectivity index is 2.09. The topological polar surface area (TPSA) is 64.4 Å². The van der Waals surface area contributed by atoms with Crippen molar-refractivity contribution in [3.63, 3.8) is 0 Å². The summed E-state index contributed by atoms with van der Waals surface area (Å²) in [6.07, 6.45) is 2.15. The molecule has 17 heavy (non-hydrogen) atoms. The van der Waals surface area contributed by atoms with Crippen LogP contribution in [-0.2, 0) is 0 Å². The summed E-state index contributed by atoms with van der Waals surface area (Å²) in [5.41, 5.74) is -0.160. The van der Waals surface area contributed by atoms with Crippen molar-refractivity contribution in [1.82, 2.24) is 5.32 Å². The maximum atomic E-state index is 10.9. The van der Waals surface area contributed by atoms with Gasteiger partial charge in [0.05, 0.1) is 4.92 Å². The Kier molecular flexibility index (Phi) is 3.81. The highest BCUT2D eigenvalue weighted by Gasteiger charge is 2.21. The van der Waals surface area contributed by atoms with Gasteiger partial charge in [-0.05, 0) is 31.5 Å². The minimum atomic E-state index is -0.514. The molecule has 1 aliphatic heterocycles. The van der Waals surface area contributed by atoms with E-state index in [0.717, 1.165) is 19.4 Å². The lowest BCUT2D eigenvalue weighted by Crippen LogP contribution is -2.28. The van der Waals surface area contributed by atoms with Crippen molar-refractivity contribution < 1.29 is 9.66 Å². The highest BCUT2D eigenvalue weighted by molar-refractivity contribution is 6.32. The SMILES string of the molecule is O=[N+]([O-])c1c(Cl)cccc1OCC1CCCN1. The molecule has 1 heterocycles. The summed E-state index contributed by atoms with van der Waals surface area (Å²) in [6, 6.07) is 4.97. The number of nitrogens with zero attached hydrogens (tertiary/aromatic N) is 1. The molecule has 6 heteroatoms.